The summed E-state index contributed by atoms with van der Waals surface area (Å²) in [5.74, 6) is 2.93. The average Bonchev–Trinajstić information content (AvgIpc) is 2.82. The molecule has 33 heavy (non-hydrogen) atoms. The SMILES string of the molecule is CN=C(NCc1ccnc(N2CCOC(C)C2)c1)NC1CCN(c2cccc(C)n2)CC1.I. The minimum absolute atomic E-state index is 0. The summed E-state index contributed by atoms with van der Waals surface area (Å²) in [7, 11) is 1.83. The molecule has 1 unspecified atom stereocenters. The normalized spacial score (nSPS) is 19.7. The molecular weight excluding hydrogens is 529 g/mol. The summed E-state index contributed by atoms with van der Waals surface area (Å²) in [4.78, 5) is 18.3. The molecule has 0 bridgehead atoms. The van der Waals surface area contributed by atoms with Gasteiger partial charge in [0.25, 0.3) is 0 Å². The van der Waals surface area contributed by atoms with Gasteiger partial charge in [-0.15, -0.1) is 24.0 Å². The fourth-order valence-electron chi connectivity index (χ4n) is 4.30. The minimum Gasteiger partial charge on any atom is -0.375 e. The number of nitrogens with zero attached hydrogens (tertiary/aromatic N) is 5. The second-order valence-corrected chi connectivity index (χ2v) is 8.62. The molecule has 9 heteroatoms. The number of anilines is 2. The number of pyridine rings is 2. The van der Waals surface area contributed by atoms with Crippen LogP contribution < -0.4 is 20.4 Å². The number of aromatic nitrogens is 2. The zero-order valence-electron chi connectivity index (χ0n) is 19.8. The number of aliphatic imine (C=N–C) groups is 1. The quantitative estimate of drug-likeness (QED) is 0.328. The molecule has 2 saturated heterocycles. The smallest absolute Gasteiger partial charge is 0.191 e. The van der Waals surface area contributed by atoms with E-state index >= 15 is 0 Å². The molecule has 2 aromatic rings. The first kappa shape index (κ1) is 25.5. The van der Waals surface area contributed by atoms with Crippen LogP contribution in [0.2, 0.25) is 0 Å². The zero-order valence-corrected chi connectivity index (χ0v) is 22.2. The van der Waals surface area contributed by atoms with Crippen LogP contribution in [0.25, 0.3) is 0 Å². The van der Waals surface area contributed by atoms with E-state index in [2.05, 4.69) is 66.6 Å². The molecule has 0 spiro atoms. The van der Waals surface area contributed by atoms with Crippen molar-refractivity contribution in [2.75, 3.05) is 49.6 Å². The van der Waals surface area contributed by atoms with Crippen molar-refractivity contribution < 1.29 is 4.74 Å². The molecule has 2 N–H and O–H groups in total. The molecule has 0 aromatic carbocycles. The van der Waals surface area contributed by atoms with Crippen LogP contribution in [0.3, 0.4) is 0 Å². The van der Waals surface area contributed by atoms with E-state index in [0.717, 1.165) is 68.9 Å². The first-order valence-electron chi connectivity index (χ1n) is 11.6. The summed E-state index contributed by atoms with van der Waals surface area (Å²) >= 11 is 0. The van der Waals surface area contributed by atoms with Crippen molar-refractivity contribution >= 4 is 41.6 Å². The average molecular weight is 566 g/mol. The predicted molar refractivity (Wildman–Crippen MR) is 145 cm³/mol. The lowest BCUT2D eigenvalue weighted by atomic mass is 10.1. The topological polar surface area (TPSA) is 77.9 Å². The Hall–Kier alpha value is -2.14. The van der Waals surface area contributed by atoms with Crippen molar-refractivity contribution in [3.05, 3.63) is 47.8 Å². The number of hydrogen-bond donors (Lipinski definition) is 2. The molecule has 2 aliphatic rings. The molecule has 8 nitrogen and oxygen atoms in total. The molecule has 2 aromatic heterocycles. The second kappa shape index (κ2) is 12.4. The zero-order chi connectivity index (χ0) is 22.3. The Morgan fingerprint density at radius 2 is 1.97 bits per heavy atom. The molecule has 0 radical (unpaired) electrons. The predicted octanol–water partition coefficient (Wildman–Crippen LogP) is 2.96. The van der Waals surface area contributed by atoms with Gasteiger partial charge in [-0.05, 0) is 56.5 Å². The van der Waals surface area contributed by atoms with Gasteiger partial charge in [0, 0.05) is 57.7 Å². The van der Waals surface area contributed by atoms with E-state index in [9.17, 15) is 0 Å². The van der Waals surface area contributed by atoms with E-state index in [0.29, 0.717) is 12.6 Å². The number of nitrogens with one attached hydrogen (secondary N) is 2. The van der Waals surface area contributed by atoms with Crippen LogP contribution in [0.5, 0.6) is 0 Å². The number of aryl methyl sites for hydroxylation is 1. The summed E-state index contributed by atoms with van der Waals surface area (Å²) in [6.07, 6.45) is 4.25. The fraction of sp³-hybridized carbons (Fsp3) is 0.542. The summed E-state index contributed by atoms with van der Waals surface area (Å²) in [6, 6.07) is 10.8. The third-order valence-corrected chi connectivity index (χ3v) is 6.09. The highest BCUT2D eigenvalue weighted by Gasteiger charge is 2.21. The van der Waals surface area contributed by atoms with Gasteiger partial charge in [0.2, 0.25) is 0 Å². The summed E-state index contributed by atoms with van der Waals surface area (Å²) < 4.78 is 5.65. The number of rotatable bonds is 5. The highest BCUT2D eigenvalue weighted by atomic mass is 127. The lowest BCUT2D eigenvalue weighted by Crippen LogP contribution is -2.48. The molecule has 180 valence electrons. The molecule has 2 fully saturated rings. The van der Waals surface area contributed by atoms with Gasteiger partial charge >= 0.3 is 0 Å². The second-order valence-electron chi connectivity index (χ2n) is 8.62. The maximum absolute atomic E-state index is 5.65. The number of halogens is 1. The van der Waals surface area contributed by atoms with Crippen molar-refractivity contribution in [3.8, 4) is 0 Å². The Balaban J connectivity index is 0.00000306. The molecule has 1 atom stereocenters. The van der Waals surface area contributed by atoms with Gasteiger partial charge in [0.15, 0.2) is 5.96 Å². The Morgan fingerprint density at radius 3 is 2.70 bits per heavy atom. The Morgan fingerprint density at radius 1 is 1.15 bits per heavy atom. The van der Waals surface area contributed by atoms with Gasteiger partial charge in [-0.1, -0.05) is 6.07 Å². The Labute approximate surface area is 214 Å². The standard InChI is InChI=1S/C24H35N7O.HI/c1-18-5-4-6-22(28-18)30-11-8-21(9-12-30)29-24(25-3)27-16-20-7-10-26-23(15-20)31-13-14-32-19(2)17-31;/h4-7,10,15,19,21H,8-9,11-14,16-17H2,1-3H3,(H2,25,27,29);1H. The molecule has 2 aliphatic heterocycles. The van der Waals surface area contributed by atoms with E-state index in [-0.39, 0.29) is 30.1 Å². The largest absolute Gasteiger partial charge is 0.375 e. The van der Waals surface area contributed by atoms with Crippen LogP contribution >= 0.6 is 24.0 Å². The van der Waals surface area contributed by atoms with Gasteiger partial charge in [-0.25, -0.2) is 9.97 Å². The summed E-state index contributed by atoms with van der Waals surface area (Å²) in [6.45, 7) is 9.36. The molecule has 0 aliphatic carbocycles. The molecule has 0 saturated carbocycles. The third-order valence-electron chi connectivity index (χ3n) is 6.09. The summed E-state index contributed by atoms with van der Waals surface area (Å²) in [5.41, 5.74) is 2.26. The van der Waals surface area contributed by atoms with Crippen LogP contribution in [-0.4, -0.2) is 67.9 Å². The number of morpholine rings is 1. The minimum atomic E-state index is 0. The number of piperidine rings is 1. The monoisotopic (exact) mass is 565 g/mol. The molecule has 0 amide bonds. The van der Waals surface area contributed by atoms with Crippen LogP contribution in [0, 0.1) is 6.92 Å². The van der Waals surface area contributed by atoms with Crippen molar-refractivity contribution in [1.82, 2.24) is 20.6 Å². The summed E-state index contributed by atoms with van der Waals surface area (Å²) in [5, 5.41) is 7.06. The highest BCUT2D eigenvalue weighted by molar-refractivity contribution is 14.0. The number of ether oxygens (including phenoxy) is 1. The van der Waals surface area contributed by atoms with Crippen molar-refractivity contribution in [2.24, 2.45) is 4.99 Å². The number of hydrogen-bond acceptors (Lipinski definition) is 6. The van der Waals surface area contributed by atoms with E-state index in [1.54, 1.807) is 0 Å². The van der Waals surface area contributed by atoms with Gasteiger partial charge in [0.05, 0.1) is 12.7 Å². The van der Waals surface area contributed by atoms with E-state index in [1.807, 2.05) is 26.2 Å². The van der Waals surface area contributed by atoms with E-state index in [1.165, 1.54) is 5.56 Å². The van der Waals surface area contributed by atoms with E-state index < -0.39 is 0 Å². The van der Waals surface area contributed by atoms with Crippen LogP contribution in [0.4, 0.5) is 11.6 Å². The maximum atomic E-state index is 5.65. The lowest BCUT2D eigenvalue weighted by molar-refractivity contribution is 0.0529. The van der Waals surface area contributed by atoms with Gasteiger partial charge in [-0.3, -0.25) is 4.99 Å². The van der Waals surface area contributed by atoms with Gasteiger partial charge < -0.3 is 25.2 Å². The van der Waals surface area contributed by atoms with Crippen molar-refractivity contribution in [2.45, 2.75) is 45.4 Å². The van der Waals surface area contributed by atoms with Crippen LogP contribution in [0.15, 0.2) is 41.5 Å². The Kier molecular flexibility index (Phi) is 9.54. The van der Waals surface area contributed by atoms with Crippen molar-refractivity contribution in [1.29, 1.82) is 0 Å². The first-order chi connectivity index (χ1) is 15.6. The van der Waals surface area contributed by atoms with Crippen LogP contribution in [0.1, 0.15) is 31.0 Å². The van der Waals surface area contributed by atoms with Crippen molar-refractivity contribution in [3.63, 3.8) is 0 Å². The third kappa shape index (κ3) is 7.17. The molecule has 4 heterocycles. The van der Waals surface area contributed by atoms with Gasteiger partial charge in [-0.2, -0.15) is 0 Å². The lowest BCUT2D eigenvalue weighted by Gasteiger charge is -2.34. The van der Waals surface area contributed by atoms with Crippen LogP contribution in [-0.2, 0) is 11.3 Å². The molecule has 4 rings (SSSR count). The highest BCUT2D eigenvalue weighted by Crippen LogP contribution is 2.19. The number of guanidine groups is 1. The molecular formula is C24H36IN7O. The van der Waals surface area contributed by atoms with E-state index in [4.69, 9.17) is 4.74 Å². The fourth-order valence-corrected chi connectivity index (χ4v) is 4.30. The first-order valence-corrected chi connectivity index (χ1v) is 11.6. The Bertz CT molecular complexity index is 917. The van der Waals surface area contributed by atoms with Gasteiger partial charge in [0.1, 0.15) is 11.6 Å². The maximum Gasteiger partial charge on any atom is 0.191 e.